The van der Waals surface area contributed by atoms with Gasteiger partial charge in [0, 0.05) is 24.8 Å². The van der Waals surface area contributed by atoms with Crippen LogP contribution in [-0.2, 0) is 9.59 Å². The Kier molecular flexibility index (Phi) is 8.69. The molecule has 0 unspecified atom stereocenters. The number of nitrogens with one attached hydrogen (secondary N) is 1. The second-order valence-electron chi connectivity index (χ2n) is 5.96. The van der Waals surface area contributed by atoms with Crippen LogP contribution in [0.3, 0.4) is 0 Å². The number of unbranched alkanes of at least 4 members (excludes halogenated alkanes) is 3. The maximum Gasteiger partial charge on any atom is 0.225 e. The van der Waals surface area contributed by atoms with Gasteiger partial charge in [-0.15, -0.1) is 0 Å². The predicted octanol–water partition coefficient (Wildman–Crippen LogP) is 3.47. The molecule has 0 radical (unpaired) electrons. The molecule has 0 aliphatic carbocycles. The van der Waals surface area contributed by atoms with E-state index in [-0.39, 0.29) is 11.3 Å². The lowest BCUT2D eigenvalue weighted by atomic mass is 9.95. The molecule has 18 heavy (non-hydrogen) atoms. The van der Waals surface area contributed by atoms with E-state index >= 15 is 0 Å². The van der Waals surface area contributed by atoms with Crippen molar-refractivity contribution >= 4 is 11.7 Å². The maximum absolute atomic E-state index is 11.6. The molecule has 0 saturated heterocycles. The van der Waals surface area contributed by atoms with Gasteiger partial charge in [-0.05, 0) is 19.3 Å². The van der Waals surface area contributed by atoms with Crippen molar-refractivity contribution in [2.45, 2.75) is 72.6 Å². The number of rotatable bonds is 9. The average molecular weight is 255 g/mol. The number of carbonyl (C=O) groups excluding carboxylic acids is 2. The minimum Gasteiger partial charge on any atom is -0.356 e. The predicted molar refractivity (Wildman–Crippen MR) is 75.5 cm³/mol. The normalized spacial score (nSPS) is 11.3. The summed E-state index contributed by atoms with van der Waals surface area (Å²) in [5.74, 6) is 0.447. The first-order valence-electron chi connectivity index (χ1n) is 7.18. The first-order valence-corrected chi connectivity index (χ1v) is 7.18. The molecule has 0 heterocycles. The third-order valence-corrected chi connectivity index (χ3v) is 2.91. The smallest absolute Gasteiger partial charge is 0.225 e. The van der Waals surface area contributed by atoms with Gasteiger partial charge < -0.3 is 5.32 Å². The molecule has 0 fully saturated rings. The van der Waals surface area contributed by atoms with Crippen molar-refractivity contribution in [1.29, 1.82) is 0 Å². The quantitative estimate of drug-likeness (QED) is 0.641. The van der Waals surface area contributed by atoms with Crippen molar-refractivity contribution in [3.05, 3.63) is 0 Å². The third kappa shape index (κ3) is 9.20. The largest absolute Gasteiger partial charge is 0.356 e. The summed E-state index contributed by atoms with van der Waals surface area (Å²) in [6.45, 7) is 8.53. The molecule has 0 rings (SSSR count). The van der Waals surface area contributed by atoms with E-state index < -0.39 is 0 Å². The van der Waals surface area contributed by atoms with Gasteiger partial charge in [-0.3, -0.25) is 9.59 Å². The van der Waals surface area contributed by atoms with Crippen molar-refractivity contribution in [1.82, 2.24) is 5.32 Å². The fraction of sp³-hybridized carbons (Fsp3) is 0.867. The van der Waals surface area contributed by atoms with Crippen LogP contribution in [0.4, 0.5) is 0 Å². The average Bonchev–Trinajstić information content (AvgIpc) is 2.27. The highest BCUT2D eigenvalue weighted by molar-refractivity contribution is 5.81. The zero-order chi connectivity index (χ0) is 14.0. The highest BCUT2D eigenvalue weighted by Gasteiger charge is 2.20. The number of hydrogen-bond donors (Lipinski definition) is 1. The molecule has 0 aromatic rings. The minimum absolute atomic E-state index is 0.0803. The first kappa shape index (κ1) is 17.1. The van der Waals surface area contributed by atoms with Crippen molar-refractivity contribution in [3.63, 3.8) is 0 Å². The summed E-state index contributed by atoms with van der Waals surface area (Å²) < 4.78 is 0. The lowest BCUT2D eigenvalue weighted by molar-refractivity contribution is -0.128. The topological polar surface area (TPSA) is 46.2 Å². The van der Waals surface area contributed by atoms with Crippen molar-refractivity contribution < 1.29 is 9.59 Å². The van der Waals surface area contributed by atoms with Crippen LogP contribution in [0.1, 0.15) is 72.6 Å². The Morgan fingerprint density at radius 3 is 2.00 bits per heavy atom. The number of amides is 1. The molecular weight excluding hydrogens is 226 g/mol. The van der Waals surface area contributed by atoms with Gasteiger partial charge in [0.05, 0.1) is 0 Å². The van der Waals surface area contributed by atoms with Crippen LogP contribution in [0.25, 0.3) is 0 Å². The van der Waals surface area contributed by atoms with Crippen LogP contribution in [-0.4, -0.2) is 18.2 Å². The van der Waals surface area contributed by atoms with E-state index in [4.69, 9.17) is 0 Å². The Morgan fingerprint density at radius 2 is 1.50 bits per heavy atom. The first-order chi connectivity index (χ1) is 8.38. The summed E-state index contributed by atoms with van der Waals surface area (Å²) >= 11 is 0. The standard InChI is InChI=1S/C15H29NO2/c1-5-6-7-10-13(17)11-8-9-12-16-14(18)15(2,3)4/h5-12H2,1-4H3,(H,16,18). The lowest BCUT2D eigenvalue weighted by Crippen LogP contribution is -2.35. The summed E-state index contributed by atoms with van der Waals surface area (Å²) in [4.78, 5) is 23.0. The van der Waals surface area contributed by atoms with Crippen LogP contribution >= 0.6 is 0 Å². The van der Waals surface area contributed by atoms with Gasteiger partial charge in [-0.25, -0.2) is 0 Å². The van der Waals surface area contributed by atoms with Gasteiger partial charge in [0.2, 0.25) is 5.91 Å². The van der Waals surface area contributed by atoms with E-state index in [1.807, 2.05) is 20.8 Å². The van der Waals surface area contributed by atoms with Crippen LogP contribution in [0.5, 0.6) is 0 Å². The molecule has 0 atom stereocenters. The molecule has 0 aromatic carbocycles. The highest BCUT2D eigenvalue weighted by Crippen LogP contribution is 2.12. The van der Waals surface area contributed by atoms with E-state index in [2.05, 4.69) is 12.2 Å². The second-order valence-corrected chi connectivity index (χ2v) is 5.96. The molecule has 3 nitrogen and oxygen atoms in total. The van der Waals surface area contributed by atoms with Crippen LogP contribution in [0.15, 0.2) is 0 Å². The summed E-state index contributed by atoms with van der Waals surface area (Å²) in [7, 11) is 0. The Balaban J connectivity index is 3.46. The van der Waals surface area contributed by atoms with E-state index in [0.29, 0.717) is 18.7 Å². The molecule has 1 amide bonds. The molecule has 106 valence electrons. The summed E-state index contributed by atoms with van der Waals surface area (Å²) in [5.41, 5.74) is -0.323. The summed E-state index contributed by atoms with van der Waals surface area (Å²) in [5, 5.41) is 2.90. The fourth-order valence-corrected chi connectivity index (χ4v) is 1.61. The fourth-order valence-electron chi connectivity index (χ4n) is 1.61. The van der Waals surface area contributed by atoms with Gasteiger partial charge in [-0.1, -0.05) is 40.5 Å². The Morgan fingerprint density at radius 1 is 0.944 bits per heavy atom. The molecule has 0 saturated carbocycles. The second kappa shape index (κ2) is 9.12. The molecular formula is C15H29NO2. The van der Waals surface area contributed by atoms with Gasteiger partial charge in [0.1, 0.15) is 5.78 Å². The molecule has 0 aromatic heterocycles. The number of ketones is 1. The minimum atomic E-state index is -0.323. The van der Waals surface area contributed by atoms with Gasteiger partial charge >= 0.3 is 0 Å². The number of Topliss-reactive ketones (excluding diaryl/α,β-unsaturated/α-hetero) is 1. The van der Waals surface area contributed by atoms with Gasteiger partial charge in [0.25, 0.3) is 0 Å². The van der Waals surface area contributed by atoms with Crippen LogP contribution in [0.2, 0.25) is 0 Å². The summed E-state index contributed by atoms with van der Waals surface area (Å²) in [6.07, 6.45) is 6.49. The van der Waals surface area contributed by atoms with Crippen molar-refractivity contribution in [2.75, 3.05) is 6.54 Å². The lowest BCUT2D eigenvalue weighted by Gasteiger charge is -2.17. The van der Waals surface area contributed by atoms with Crippen LogP contribution < -0.4 is 5.32 Å². The Labute approximate surface area is 112 Å². The maximum atomic E-state index is 11.6. The molecule has 3 heteroatoms. The van der Waals surface area contributed by atoms with E-state index in [0.717, 1.165) is 38.5 Å². The number of hydrogen-bond acceptors (Lipinski definition) is 2. The SMILES string of the molecule is CCCCCC(=O)CCCCNC(=O)C(C)(C)C. The Bertz CT molecular complexity index is 254. The van der Waals surface area contributed by atoms with Crippen molar-refractivity contribution in [3.8, 4) is 0 Å². The molecule has 0 bridgehead atoms. The van der Waals surface area contributed by atoms with Gasteiger partial charge in [-0.2, -0.15) is 0 Å². The third-order valence-electron chi connectivity index (χ3n) is 2.91. The monoisotopic (exact) mass is 255 g/mol. The molecule has 1 N–H and O–H groups in total. The van der Waals surface area contributed by atoms with Crippen molar-refractivity contribution in [2.24, 2.45) is 5.41 Å². The van der Waals surface area contributed by atoms with E-state index in [1.54, 1.807) is 0 Å². The Hall–Kier alpha value is -0.860. The molecule has 0 aliphatic heterocycles. The molecule has 0 spiro atoms. The number of carbonyl (C=O) groups is 2. The zero-order valence-corrected chi connectivity index (χ0v) is 12.5. The van der Waals surface area contributed by atoms with E-state index in [1.165, 1.54) is 0 Å². The van der Waals surface area contributed by atoms with Crippen LogP contribution in [0, 0.1) is 5.41 Å². The molecule has 0 aliphatic rings. The summed E-state index contributed by atoms with van der Waals surface area (Å²) in [6, 6.07) is 0. The van der Waals surface area contributed by atoms with E-state index in [9.17, 15) is 9.59 Å². The highest BCUT2D eigenvalue weighted by atomic mass is 16.2. The van der Waals surface area contributed by atoms with Gasteiger partial charge in [0.15, 0.2) is 0 Å². The zero-order valence-electron chi connectivity index (χ0n) is 12.5.